The van der Waals surface area contributed by atoms with E-state index >= 15 is 0 Å². The number of rotatable bonds is 6. The Morgan fingerprint density at radius 1 is 1.38 bits per heavy atom. The number of nitrogens with two attached hydrogens (primary N) is 1. The zero-order valence-electron chi connectivity index (χ0n) is 11.4. The predicted octanol–water partition coefficient (Wildman–Crippen LogP) is 1.49. The fourth-order valence-electron chi connectivity index (χ4n) is 1.60. The number of urea groups is 1. The number of aliphatic carboxylic acids is 1. The van der Waals surface area contributed by atoms with Gasteiger partial charge in [0.05, 0.1) is 10.7 Å². The van der Waals surface area contributed by atoms with Crippen molar-refractivity contribution in [3.05, 3.63) is 28.8 Å². The van der Waals surface area contributed by atoms with Gasteiger partial charge in [-0.3, -0.25) is 4.79 Å². The van der Waals surface area contributed by atoms with Crippen LogP contribution in [-0.2, 0) is 9.59 Å². The van der Waals surface area contributed by atoms with Crippen molar-refractivity contribution >= 4 is 35.2 Å². The highest BCUT2D eigenvalue weighted by Crippen LogP contribution is 2.22. The number of carboxylic acids is 1. The summed E-state index contributed by atoms with van der Waals surface area (Å²) in [4.78, 5) is 33.4. The minimum absolute atomic E-state index is 0.0837. The van der Waals surface area contributed by atoms with E-state index in [0.29, 0.717) is 10.7 Å². The molecule has 0 bridgehead atoms. The third kappa shape index (κ3) is 5.70. The molecule has 1 aromatic rings. The number of halogens is 1. The molecule has 114 valence electrons. The molecule has 0 saturated heterocycles. The van der Waals surface area contributed by atoms with Gasteiger partial charge in [-0.2, -0.15) is 0 Å². The van der Waals surface area contributed by atoms with Crippen LogP contribution in [-0.4, -0.2) is 29.1 Å². The van der Waals surface area contributed by atoms with Gasteiger partial charge in [0.2, 0.25) is 5.91 Å². The third-order valence-electron chi connectivity index (χ3n) is 2.65. The van der Waals surface area contributed by atoms with Crippen LogP contribution in [0.25, 0.3) is 0 Å². The van der Waals surface area contributed by atoms with E-state index in [1.54, 1.807) is 18.2 Å². The van der Waals surface area contributed by atoms with E-state index in [0.717, 1.165) is 5.56 Å². The number of primary amides is 1. The smallest absolute Gasteiger partial charge is 0.326 e. The first-order valence-electron chi connectivity index (χ1n) is 6.14. The van der Waals surface area contributed by atoms with Gasteiger partial charge in [0.15, 0.2) is 0 Å². The van der Waals surface area contributed by atoms with Crippen molar-refractivity contribution in [3.63, 3.8) is 0 Å². The summed E-state index contributed by atoms with van der Waals surface area (Å²) >= 11 is 5.92. The van der Waals surface area contributed by atoms with E-state index in [1.807, 2.05) is 6.92 Å². The molecule has 1 rings (SSSR count). The van der Waals surface area contributed by atoms with E-state index in [9.17, 15) is 14.4 Å². The Labute approximate surface area is 126 Å². The van der Waals surface area contributed by atoms with Crippen molar-refractivity contribution in [2.75, 3.05) is 5.32 Å². The highest BCUT2D eigenvalue weighted by molar-refractivity contribution is 6.33. The van der Waals surface area contributed by atoms with Gasteiger partial charge in [-0.1, -0.05) is 17.7 Å². The molecule has 0 heterocycles. The average molecular weight is 314 g/mol. The Bertz CT molecular complexity index is 562. The van der Waals surface area contributed by atoms with Gasteiger partial charge in [-0.15, -0.1) is 0 Å². The highest BCUT2D eigenvalue weighted by Gasteiger charge is 2.20. The van der Waals surface area contributed by atoms with Gasteiger partial charge in [-0.05, 0) is 31.0 Å². The number of carbonyl (C=O) groups excluding carboxylic acids is 2. The molecule has 8 heteroatoms. The third-order valence-corrected chi connectivity index (χ3v) is 2.98. The minimum Gasteiger partial charge on any atom is -0.480 e. The van der Waals surface area contributed by atoms with Crippen molar-refractivity contribution in [2.24, 2.45) is 5.73 Å². The summed E-state index contributed by atoms with van der Waals surface area (Å²) in [6.45, 7) is 1.83. The molecule has 0 fully saturated rings. The van der Waals surface area contributed by atoms with Gasteiger partial charge in [-0.25, -0.2) is 9.59 Å². The van der Waals surface area contributed by atoms with Crippen LogP contribution < -0.4 is 16.4 Å². The van der Waals surface area contributed by atoms with Crippen LogP contribution >= 0.6 is 11.6 Å². The van der Waals surface area contributed by atoms with Gasteiger partial charge < -0.3 is 21.5 Å². The molecule has 1 unspecified atom stereocenters. The first-order valence-corrected chi connectivity index (χ1v) is 6.52. The number of carbonyl (C=O) groups is 3. The second-order valence-corrected chi connectivity index (χ2v) is 4.88. The number of aryl methyl sites for hydroxylation is 1. The fraction of sp³-hybridized carbons (Fsp3) is 0.308. The Morgan fingerprint density at radius 2 is 2.05 bits per heavy atom. The highest BCUT2D eigenvalue weighted by atomic mass is 35.5. The molecule has 0 aromatic heterocycles. The Balaban J connectivity index is 2.67. The van der Waals surface area contributed by atoms with Gasteiger partial charge in [0.1, 0.15) is 6.04 Å². The first kappa shape index (κ1) is 16.8. The molecule has 0 aliphatic carbocycles. The largest absolute Gasteiger partial charge is 0.480 e. The molecule has 0 spiro atoms. The summed E-state index contributed by atoms with van der Waals surface area (Å²) in [5.41, 5.74) is 6.21. The lowest BCUT2D eigenvalue weighted by Crippen LogP contribution is -2.43. The van der Waals surface area contributed by atoms with Gasteiger partial charge in [0, 0.05) is 6.42 Å². The lowest BCUT2D eigenvalue weighted by atomic mass is 10.1. The number of nitrogens with one attached hydrogen (secondary N) is 2. The van der Waals surface area contributed by atoms with Crippen LogP contribution in [0.3, 0.4) is 0 Å². The van der Waals surface area contributed by atoms with Crippen molar-refractivity contribution < 1.29 is 19.5 Å². The van der Waals surface area contributed by atoms with E-state index in [1.165, 1.54) is 0 Å². The number of carboxylic acid groups (broad SMARTS) is 1. The maximum atomic E-state index is 11.8. The molecule has 0 radical (unpaired) electrons. The maximum Gasteiger partial charge on any atom is 0.326 e. The van der Waals surface area contributed by atoms with Crippen molar-refractivity contribution in [3.8, 4) is 0 Å². The molecule has 0 saturated carbocycles. The maximum absolute atomic E-state index is 11.8. The Morgan fingerprint density at radius 3 is 2.62 bits per heavy atom. The van der Waals surface area contributed by atoms with Crippen LogP contribution in [0.4, 0.5) is 10.5 Å². The summed E-state index contributed by atoms with van der Waals surface area (Å²) in [6, 6.07) is 3.12. The molecule has 1 atom stereocenters. The minimum atomic E-state index is -1.25. The van der Waals surface area contributed by atoms with Crippen LogP contribution in [0.5, 0.6) is 0 Å². The van der Waals surface area contributed by atoms with Crippen LogP contribution in [0.15, 0.2) is 18.2 Å². The van der Waals surface area contributed by atoms with Crippen LogP contribution in [0.1, 0.15) is 18.4 Å². The van der Waals surface area contributed by atoms with Crippen LogP contribution in [0.2, 0.25) is 5.02 Å². The zero-order valence-corrected chi connectivity index (χ0v) is 12.1. The molecule has 0 aliphatic heterocycles. The summed E-state index contributed by atoms with van der Waals surface area (Å²) in [5, 5.41) is 14.0. The molecule has 21 heavy (non-hydrogen) atoms. The lowest BCUT2D eigenvalue weighted by Gasteiger charge is -2.15. The van der Waals surface area contributed by atoms with Crippen LogP contribution in [0, 0.1) is 6.92 Å². The zero-order chi connectivity index (χ0) is 16.0. The second-order valence-electron chi connectivity index (χ2n) is 4.48. The number of amides is 3. The monoisotopic (exact) mass is 313 g/mol. The quantitative estimate of drug-likeness (QED) is 0.635. The van der Waals surface area contributed by atoms with E-state index in [2.05, 4.69) is 10.6 Å². The molecular formula is C13H16ClN3O4. The van der Waals surface area contributed by atoms with E-state index in [-0.39, 0.29) is 12.8 Å². The molecule has 5 N–H and O–H groups in total. The Hall–Kier alpha value is -2.28. The first-order chi connectivity index (χ1) is 9.79. The average Bonchev–Trinajstić information content (AvgIpc) is 2.38. The van der Waals surface area contributed by atoms with E-state index < -0.39 is 23.9 Å². The number of hydrogen-bond acceptors (Lipinski definition) is 3. The molecule has 1 aromatic carbocycles. The standard InChI is InChI=1S/C13H16ClN3O4/c1-7-2-3-8(14)10(6-7)17-13(21)16-9(12(19)20)4-5-11(15)18/h2-3,6,9H,4-5H2,1H3,(H2,15,18)(H,19,20)(H2,16,17,21). The van der Waals surface area contributed by atoms with E-state index in [4.69, 9.17) is 22.4 Å². The topological polar surface area (TPSA) is 122 Å². The second kappa shape index (κ2) is 7.49. The number of hydrogen-bond donors (Lipinski definition) is 4. The molecule has 3 amide bonds. The lowest BCUT2D eigenvalue weighted by molar-refractivity contribution is -0.139. The van der Waals surface area contributed by atoms with Gasteiger partial charge >= 0.3 is 12.0 Å². The van der Waals surface area contributed by atoms with Crippen molar-refractivity contribution in [1.82, 2.24) is 5.32 Å². The predicted molar refractivity (Wildman–Crippen MR) is 78.2 cm³/mol. The SMILES string of the molecule is Cc1ccc(Cl)c(NC(=O)NC(CCC(N)=O)C(=O)O)c1. The number of benzene rings is 1. The van der Waals surface area contributed by atoms with Gasteiger partial charge in [0.25, 0.3) is 0 Å². The Kier molecular flexibility index (Phi) is 5.98. The molecular weight excluding hydrogens is 298 g/mol. The summed E-state index contributed by atoms with van der Waals surface area (Å²) in [7, 11) is 0. The normalized spacial score (nSPS) is 11.5. The van der Waals surface area contributed by atoms with Crippen molar-refractivity contribution in [1.29, 1.82) is 0 Å². The molecule has 7 nitrogen and oxygen atoms in total. The summed E-state index contributed by atoms with van der Waals surface area (Å²) in [5.74, 6) is -1.88. The number of anilines is 1. The van der Waals surface area contributed by atoms with Crippen molar-refractivity contribution in [2.45, 2.75) is 25.8 Å². The molecule has 0 aliphatic rings. The summed E-state index contributed by atoms with van der Waals surface area (Å²) in [6.07, 6.45) is -0.220. The fourth-order valence-corrected chi connectivity index (χ4v) is 1.76. The summed E-state index contributed by atoms with van der Waals surface area (Å²) < 4.78 is 0.